The van der Waals surface area contributed by atoms with E-state index in [1.54, 1.807) is 0 Å². The van der Waals surface area contributed by atoms with Crippen LogP contribution in [0.4, 0.5) is 0 Å². The Morgan fingerprint density at radius 1 is 1.13 bits per heavy atom. The molecule has 1 nitrogen and oxygen atoms in total. The molecular formula is C14H29N. The Balaban J connectivity index is 2.16. The van der Waals surface area contributed by atoms with E-state index in [1.807, 2.05) is 0 Å². The Morgan fingerprint density at radius 2 is 1.87 bits per heavy atom. The van der Waals surface area contributed by atoms with Gasteiger partial charge in [0.15, 0.2) is 0 Å². The Hall–Kier alpha value is -0.0400. The van der Waals surface area contributed by atoms with Crippen LogP contribution < -0.4 is 5.32 Å². The van der Waals surface area contributed by atoms with Crippen LogP contribution in [0, 0.1) is 11.8 Å². The van der Waals surface area contributed by atoms with Crippen molar-refractivity contribution in [1.82, 2.24) is 5.32 Å². The summed E-state index contributed by atoms with van der Waals surface area (Å²) in [5.41, 5.74) is 0. The number of hydrogen-bond donors (Lipinski definition) is 1. The van der Waals surface area contributed by atoms with Crippen molar-refractivity contribution in [2.24, 2.45) is 11.8 Å². The molecule has 1 fully saturated rings. The zero-order chi connectivity index (χ0) is 11.1. The van der Waals surface area contributed by atoms with Crippen molar-refractivity contribution >= 4 is 0 Å². The molecule has 0 bridgehead atoms. The predicted molar refractivity (Wildman–Crippen MR) is 68.1 cm³/mol. The Kier molecular flexibility index (Phi) is 6.31. The van der Waals surface area contributed by atoms with Crippen molar-refractivity contribution < 1.29 is 0 Å². The van der Waals surface area contributed by atoms with Gasteiger partial charge >= 0.3 is 0 Å². The monoisotopic (exact) mass is 211 g/mol. The van der Waals surface area contributed by atoms with Crippen LogP contribution in [-0.4, -0.2) is 12.6 Å². The zero-order valence-electron chi connectivity index (χ0n) is 10.9. The van der Waals surface area contributed by atoms with E-state index in [2.05, 4.69) is 26.1 Å². The van der Waals surface area contributed by atoms with Crippen LogP contribution in [0.1, 0.15) is 65.7 Å². The predicted octanol–water partition coefficient (Wildman–Crippen LogP) is 3.98. The number of rotatable bonds is 9. The fourth-order valence-electron chi connectivity index (χ4n) is 2.55. The summed E-state index contributed by atoms with van der Waals surface area (Å²) in [5, 5.41) is 3.68. The van der Waals surface area contributed by atoms with E-state index in [-0.39, 0.29) is 0 Å². The summed E-state index contributed by atoms with van der Waals surface area (Å²) in [6.07, 6.45) is 9.97. The Bertz CT molecular complexity index is 151. The number of nitrogens with one attached hydrogen (secondary N) is 1. The lowest BCUT2D eigenvalue weighted by Crippen LogP contribution is -2.35. The Labute approximate surface area is 96.0 Å². The highest BCUT2D eigenvalue weighted by Crippen LogP contribution is 2.39. The molecule has 15 heavy (non-hydrogen) atoms. The maximum atomic E-state index is 3.68. The molecule has 1 heteroatoms. The summed E-state index contributed by atoms with van der Waals surface area (Å²) >= 11 is 0. The summed E-state index contributed by atoms with van der Waals surface area (Å²) in [5.74, 6) is 1.95. The second-order valence-corrected chi connectivity index (χ2v) is 5.21. The summed E-state index contributed by atoms with van der Waals surface area (Å²) in [4.78, 5) is 0. The minimum absolute atomic E-state index is 0.791. The molecule has 0 aromatic rings. The van der Waals surface area contributed by atoms with Crippen molar-refractivity contribution in [2.75, 3.05) is 6.54 Å². The molecular weight excluding hydrogens is 182 g/mol. The summed E-state index contributed by atoms with van der Waals surface area (Å²) < 4.78 is 0. The molecule has 0 radical (unpaired) electrons. The van der Waals surface area contributed by atoms with Gasteiger partial charge in [0, 0.05) is 6.04 Å². The van der Waals surface area contributed by atoms with Gasteiger partial charge < -0.3 is 5.32 Å². The van der Waals surface area contributed by atoms with Gasteiger partial charge in [0.2, 0.25) is 0 Å². The van der Waals surface area contributed by atoms with Crippen LogP contribution in [0.2, 0.25) is 0 Å². The van der Waals surface area contributed by atoms with Gasteiger partial charge in [-0.05, 0) is 37.6 Å². The van der Waals surface area contributed by atoms with E-state index >= 15 is 0 Å². The highest BCUT2D eigenvalue weighted by atomic mass is 14.9. The molecule has 90 valence electrons. The molecule has 0 aliphatic heterocycles. The fourth-order valence-corrected chi connectivity index (χ4v) is 2.55. The Morgan fingerprint density at radius 3 is 2.40 bits per heavy atom. The first-order valence-electron chi connectivity index (χ1n) is 7.03. The standard InChI is InChI=1S/C14H29N/c1-4-6-7-8-9-14(15-5-2)12(3)13-10-11-13/h12-15H,4-11H2,1-3H3. The second-order valence-electron chi connectivity index (χ2n) is 5.21. The van der Waals surface area contributed by atoms with Gasteiger partial charge in [0.1, 0.15) is 0 Å². The molecule has 0 aromatic heterocycles. The van der Waals surface area contributed by atoms with Gasteiger partial charge in [-0.15, -0.1) is 0 Å². The molecule has 2 unspecified atom stereocenters. The molecule has 1 saturated carbocycles. The summed E-state index contributed by atoms with van der Waals surface area (Å²) in [6.45, 7) is 8.10. The molecule has 0 heterocycles. The molecule has 0 amide bonds. The van der Waals surface area contributed by atoms with Crippen molar-refractivity contribution in [3.8, 4) is 0 Å². The molecule has 1 N–H and O–H groups in total. The van der Waals surface area contributed by atoms with Crippen molar-refractivity contribution in [2.45, 2.75) is 71.8 Å². The minimum Gasteiger partial charge on any atom is -0.314 e. The van der Waals surface area contributed by atoms with Crippen LogP contribution in [0.3, 0.4) is 0 Å². The third-order valence-corrected chi connectivity index (χ3v) is 3.84. The van der Waals surface area contributed by atoms with Gasteiger partial charge in [-0.3, -0.25) is 0 Å². The van der Waals surface area contributed by atoms with Crippen LogP contribution in [0.15, 0.2) is 0 Å². The quantitative estimate of drug-likeness (QED) is 0.569. The maximum Gasteiger partial charge on any atom is 0.00952 e. The van der Waals surface area contributed by atoms with Crippen LogP contribution >= 0.6 is 0 Å². The van der Waals surface area contributed by atoms with Crippen molar-refractivity contribution in [1.29, 1.82) is 0 Å². The molecule has 1 aliphatic carbocycles. The zero-order valence-corrected chi connectivity index (χ0v) is 10.9. The molecule has 0 spiro atoms. The summed E-state index contributed by atoms with van der Waals surface area (Å²) in [7, 11) is 0. The third-order valence-electron chi connectivity index (χ3n) is 3.84. The lowest BCUT2D eigenvalue weighted by atomic mass is 9.92. The molecule has 0 aromatic carbocycles. The maximum absolute atomic E-state index is 3.68. The first-order chi connectivity index (χ1) is 7.29. The second kappa shape index (κ2) is 7.27. The average molecular weight is 211 g/mol. The first-order valence-corrected chi connectivity index (χ1v) is 7.03. The molecule has 0 saturated heterocycles. The van der Waals surface area contributed by atoms with Gasteiger partial charge in [0.25, 0.3) is 0 Å². The van der Waals surface area contributed by atoms with E-state index in [9.17, 15) is 0 Å². The largest absolute Gasteiger partial charge is 0.314 e. The van der Waals surface area contributed by atoms with Gasteiger partial charge in [0.05, 0.1) is 0 Å². The van der Waals surface area contributed by atoms with E-state index < -0.39 is 0 Å². The van der Waals surface area contributed by atoms with E-state index in [1.165, 1.54) is 44.9 Å². The van der Waals surface area contributed by atoms with Gasteiger partial charge in [-0.2, -0.15) is 0 Å². The van der Waals surface area contributed by atoms with Crippen LogP contribution in [0.5, 0.6) is 0 Å². The van der Waals surface area contributed by atoms with Gasteiger partial charge in [-0.25, -0.2) is 0 Å². The fraction of sp³-hybridized carbons (Fsp3) is 1.00. The lowest BCUT2D eigenvalue weighted by molar-refractivity contribution is 0.321. The number of unbranched alkanes of at least 4 members (excludes halogenated alkanes) is 3. The SMILES string of the molecule is CCCCCCC(NCC)C(C)C1CC1. The average Bonchev–Trinajstić information content (AvgIpc) is 3.05. The molecule has 1 rings (SSSR count). The highest BCUT2D eigenvalue weighted by molar-refractivity contribution is 4.86. The summed E-state index contributed by atoms with van der Waals surface area (Å²) in [6, 6.07) is 0.791. The molecule has 2 atom stereocenters. The highest BCUT2D eigenvalue weighted by Gasteiger charge is 2.32. The third kappa shape index (κ3) is 5.01. The lowest BCUT2D eigenvalue weighted by Gasteiger charge is -2.24. The van der Waals surface area contributed by atoms with Crippen LogP contribution in [0.25, 0.3) is 0 Å². The van der Waals surface area contributed by atoms with E-state index in [4.69, 9.17) is 0 Å². The van der Waals surface area contributed by atoms with E-state index in [0.717, 1.165) is 24.4 Å². The smallest absolute Gasteiger partial charge is 0.00952 e. The normalized spacial score (nSPS) is 20.2. The minimum atomic E-state index is 0.791. The molecule has 1 aliphatic rings. The van der Waals surface area contributed by atoms with Crippen molar-refractivity contribution in [3.05, 3.63) is 0 Å². The topological polar surface area (TPSA) is 12.0 Å². The first kappa shape index (κ1) is 13.0. The van der Waals surface area contributed by atoms with E-state index in [0.29, 0.717) is 0 Å². The van der Waals surface area contributed by atoms with Crippen molar-refractivity contribution in [3.63, 3.8) is 0 Å². The number of hydrogen-bond acceptors (Lipinski definition) is 1. The van der Waals surface area contributed by atoms with Gasteiger partial charge in [-0.1, -0.05) is 46.5 Å². The van der Waals surface area contributed by atoms with Crippen LogP contribution in [-0.2, 0) is 0 Å².